The molecule has 0 spiro atoms. The molecule has 2 rings (SSSR count). The van der Waals surface area contributed by atoms with Crippen molar-refractivity contribution in [2.45, 2.75) is 20.1 Å². The lowest BCUT2D eigenvalue weighted by Gasteiger charge is -2.15. The van der Waals surface area contributed by atoms with E-state index in [1.54, 1.807) is 7.11 Å². The molecule has 0 aliphatic heterocycles. The number of hydrogen-bond donors (Lipinski definition) is 1. The van der Waals surface area contributed by atoms with Crippen LogP contribution in [0.25, 0.3) is 0 Å². The molecule has 0 amide bonds. The van der Waals surface area contributed by atoms with Gasteiger partial charge >= 0.3 is 0 Å². The summed E-state index contributed by atoms with van der Waals surface area (Å²) in [5.41, 5.74) is 3.50. The molecule has 3 heteroatoms. The Balaban J connectivity index is 2.16. The van der Waals surface area contributed by atoms with Gasteiger partial charge in [0, 0.05) is 12.1 Å². The highest BCUT2D eigenvalue weighted by Crippen LogP contribution is 2.31. The van der Waals surface area contributed by atoms with Crippen LogP contribution in [-0.4, -0.2) is 14.2 Å². The summed E-state index contributed by atoms with van der Waals surface area (Å²) < 4.78 is 11.4. The van der Waals surface area contributed by atoms with Crippen molar-refractivity contribution < 1.29 is 9.47 Å². The molecule has 0 atom stereocenters. The molecule has 0 radical (unpaired) electrons. The third kappa shape index (κ3) is 3.52. The minimum atomic E-state index is 0.539. The van der Waals surface area contributed by atoms with Gasteiger partial charge in [0.25, 0.3) is 0 Å². The van der Waals surface area contributed by atoms with Crippen LogP contribution in [-0.2, 0) is 13.2 Å². The van der Waals surface area contributed by atoms with Crippen LogP contribution in [0.3, 0.4) is 0 Å². The van der Waals surface area contributed by atoms with Gasteiger partial charge in [0.1, 0.15) is 6.61 Å². The zero-order chi connectivity index (χ0) is 14.4. The van der Waals surface area contributed by atoms with Gasteiger partial charge in [0.15, 0.2) is 11.5 Å². The number of hydrogen-bond acceptors (Lipinski definition) is 3. The predicted molar refractivity (Wildman–Crippen MR) is 81.3 cm³/mol. The van der Waals surface area contributed by atoms with E-state index in [-0.39, 0.29) is 0 Å². The molecular weight excluding hydrogens is 250 g/mol. The number of ether oxygens (including phenoxy) is 2. The first-order valence-corrected chi connectivity index (χ1v) is 6.73. The molecule has 106 valence electrons. The van der Waals surface area contributed by atoms with Gasteiger partial charge < -0.3 is 14.8 Å². The Morgan fingerprint density at radius 1 is 1.05 bits per heavy atom. The Morgan fingerprint density at radius 2 is 1.80 bits per heavy atom. The van der Waals surface area contributed by atoms with Gasteiger partial charge in [0.05, 0.1) is 7.11 Å². The van der Waals surface area contributed by atoms with E-state index in [0.717, 1.165) is 29.2 Å². The van der Waals surface area contributed by atoms with Crippen molar-refractivity contribution in [3.05, 3.63) is 59.2 Å². The van der Waals surface area contributed by atoms with Gasteiger partial charge in [-0.3, -0.25) is 0 Å². The van der Waals surface area contributed by atoms with Crippen molar-refractivity contribution in [1.82, 2.24) is 5.32 Å². The fourth-order valence-corrected chi connectivity index (χ4v) is 2.06. The maximum atomic E-state index is 5.97. The summed E-state index contributed by atoms with van der Waals surface area (Å²) in [4.78, 5) is 0. The van der Waals surface area contributed by atoms with Crippen molar-refractivity contribution in [2.75, 3.05) is 14.2 Å². The minimum Gasteiger partial charge on any atom is -0.493 e. The molecule has 0 aliphatic rings. The minimum absolute atomic E-state index is 0.539. The van der Waals surface area contributed by atoms with Crippen LogP contribution in [0.5, 0.6) is 11.5 Å². The highest BCUT2D eigenvalue weighted by molar-refractivity contribution is 5.46. The van der Waals surface area contributed by atoms with Gasteiger partial charge in [-0.15, -0.1) is 0 Å². The van der Waals surface area contributed by atoms with E-state index in [0.29, 0.717) is 6.61 Å². The van der Waals surface area contributed by atoms with Crippen LogP contribution < -0.4 is 14.8 Å². The molecule has 0 heterocycles. The Bertz CT molecular complexity index is 549. The molecule has 0 unspecified atom stereocenters. The van der Waals surface area contributed by atoms with Crippen LogP contribution in [0.2, 0.25) is 0 Å². The Kier molecular flexibility index (Phi) is 5.02. The molecule has 3 nitrogen and oxygen atoms in total. The highest BCUT2D eigenvalue weighted by atomic mass is 16.5. The van der Waals surface area contributed by atoms with Crippen molar-refractivity contribution in [2.24, 2.45) is 0 Å². The van der Waals surface area contributed by atoms with Crippen LogP contribution in [0.1, 0.15) is 16.7 Å². The number of para-hydroxylation sites is 1. The van der Waals surface area contributed by atoms with Gasteiger partial charge in [-0.05, 0) is 25.6 Å². The first kappa shape index (κ1) is 14.4. The van der Waals surface area contributed by atoms with Crippen LogP contribution in [0, 0.1) is 6.92 Å². The molecule has 0 fully saturated rings. The van der Waals surface area contributed by atoms with Gasteiger partial charge in [-0.2, -0.15) is 0 Å². The number of methoxy groups -OCH3 is 1. The second-order valence-electron chi connectivity index (χ2n) is 4.75. The highest BCUT2D eigenvalue weighted by Gasteiger charge is 2.10. The molecular formula is C17H21NO2. The van der Waals surface area contributed by atoms with Gasteiger partial charge in [0.2, 0.25) is 0 Å². The fraction of sp³-hybridized carbons (Fsp3) is 0.294. The lowest BCUT2D eigenvalue weighted by atomic mass is 10.1. The monoisotopic (exact) mass is 271 g/mol. The average Bonchev–Trinajstić information content (AvgIpc) is 2.47. The Morgan fingerprint density at radius 3 is 2.45 bits per heavy atom. The second-order valence-corrected chi connectivity index (χ2v) is 4.75. The Hall–Kier alpha value is -2.00. The van der Waals surface area contributed by atoms with Crippen LogP contribution >= 0.6 is 0 Å². The molecule has 0 aliphatic carbocycles. The molecule has 20 heavy (non-hydrogen) atoms. The molecule has 0 saturated heterocycles. The first-order chi connectivity index (χ1) is 9.74. The van der Waals surface area contributed by atoms with E-state index in [2.05, 4.69) is 36.5 Å². The standard InChI is InChI=1S/C17H21NO2/c1-13-7-9-14(10-8-13)12-20-17-15(11-18-2)5-4-6-16(17)19-3/h4-10,18H,11-12H2,1-3H3. The number of nitrogens with one attached hydrogen (secondary N) is 1. The molecule has 1 N–H and O–H groups in total. The fourth-order valence-electron chi connectivity index (χ4n) is 2.06. The molecule has 2 aromatic rings. The third-order valence-corrected chi connectivity index (χ3v) is 3.15. The number of rotatable bonds is 6. The summed E-state index contributed by atoms with van der Waals surface area (Å²) >= 11 is 0. The lowest BCUT2D eigenvalue weighted by molar-refractivity contribution is 0.281. The largest absolute Gasteiger partial charge is 0.493 e. The average molecular weight is 271 g/mol. The molecule has 2 aromatic carbocycles. The summed E-state index contributed by atoms with van der Waals surface area (Å²) in [6.45, 7) is 3.37. The van der Waals surface area contributed by atoms with E-state index in [1.807, 2.05) is 25.2 Å². The zero-order valence-corrected chi connectivity index (χ0v) is 12.3. The van der Waals surface area contributed by atoms with Gasteiger partial charge in [-0.1, -0.05) is 42.0 Å². The molecule has 0 saturated carbocycles. The normalized spacial score (nSPS) is 10.3. The van der Waals surface area contributed by atoms with Crippen molar-refractivity contribution in [1.29, 1.82) is 0 Å². The van der Waals surface area contributed by atoms with Gasteiger partial charge in [-0.25, -0.2) is 0 Å². The third-order valence-electron chi connectivity index (χ3n) is 3.15. The SMILES string of the molecule is CNCc1cccc(OC)c1OCc1ccc(C)cc1. The summed E-state index contributed by atoms with van der Waals surface area (Å²) in [5, 5.41) is 3.15. The van der Waals surface area contributed by atoms with Crippen molar-refractivity contribution in [3.8, 4) is 11.5 Å². The predicted octanol–water partition coefficient (Wildman–Crippen LogP) is 3.30. The maximum Gasteiger partial charge on any atom is 0.166 e. The van der Waals surface area contributed by atoms with E-state index in [1.165, 1.54) is 5.56 Å². The number of benzene rings is 2. The molecule has 0 aromatic heterocycles. The summed E-state index contributed by atoms with van der Waals surface area (Å²) in [6.07, 6.45) is 0. The lowest BCUT2D eigenvalue weighted by Crippen LogP contribution is -2.08. The van der Waals surface area contributed by atoms with Crippen molar-refractivity contribution in [3.63, 3.8) is 0 Å². The zero-order valence-electron chi connectivity index (χ0n) is 12.3. The van der Waals surface area contributed by atoms with E-state index < -0.39 is 0 Å². The summed E-state index contributed by atoms with van der Waals surface area (Å²) in [7, 11) is 3.58. The maximum absolute atomic E-state index is 5.97. The quantitative estimate of drug-likeness (QED) is 0.874. The van der Waals surface area contributed by atoms with Crippen LogP contribution in [0.15, 0.2) is 42.5 Å². The second kappa shape index (κ2) is 6.96. The first-order valence-electron chi connectivity index (χ1n) is 6.73. The smallest absolute Gasteiger partial charge is 0.166 e. The van der Waals surface area contributed by atoms with E-state index in [4.69, 9.17) is 9.47 Å². The number of aryl methyl sites for hydroxylation is 1. The summed E-state index contributed by atoms with van der Waals surface area (Å²) in [6, 6.07) is 14.3. The van der Waals surface area contributed by atoms with Crippen LogP contribution in [0.4, 0.5) is 0 Å². The van der Waals surface area contributed by atoms with Crippen molar-refractivity contribution >= 4 is 0 Å². The van der Waals surface area contributed by atoms with E-state index in [9.17, 15) is 0 Å². The topological polar surface area (TPSA) is 30.5 Å². The summed E-state index contributed by atoms with van der Waals surface area (Å²) in [5.74, 6) is 1.58. The Labute approximate surface area is 120 Å². The molecule has 0 bridgehead atoms. The van der Waals surface area contributed by atoms with E-state index >= 15 is 0 Å².